The van der Waals surface area contributed by atoms with Crippen LogP contribution < -0.4 is 5.32 Å². The van der Waals surface area contributed by atoms with E-state index in [1.807, 2.05) is 24.3 Å². The van der Waals surface area contributed by atoms with Crippen molar-refractivity contribution < 1.29 is 17.9 Å². The van der Waals surface area contributed by atoms with Gasteiger partial charge in [0.15, 0.2) is 17.5 Å². The standard InChI is InChI=1S/C15H14F3NO/c1-20-9-10-3-2-4-12(5-10)19-8-11-6-13(16)15(18)14(17)7-11/h2-7,19H,8-9H2,1H3. The highest BCUT2D eigenvalue weighted by Gasteiger charge is 2.10. The molecule has 0 heterocycles. The number of ether oxygens (including phenoxy) is 1. The predicted octanol–water partition coefficient (Wildman–Crippen LogP) is 3.86. The van der Waals surface area contributed by atoms with Crippen LogP contribution >= 0.6 is 0 Å². The SMILES string of the molecule is COCc1cccc(NCc2cc(F)c(F)c(F)c2)c1. The largest absolute Gasteiger partial charge is 0.381 e. The summed E-state index contributed by atoms with van der Waals surface area (Å²) in [6.45, 7) is 0.680. The van der Waals surface area contributed by atoms with Crippen molar-refractivity contribution in [1.82, 2.24) is 0 Å². The van der Waals surface area contributed by atoms with Gasteiger partial charge in [-0.25, -0.2) is 13.2 Å². The smallest absolute Gasteiger partial charge is 0.194 e. The fourth-order valence-corrected chi connectivity index (χ4v) is 1.85. The average molecular weight is 281 g/mol. The maximum Gasteiger partial charge on any atom is 0.194 e. The molecule has 0 amide bonds. The van der Waals surface area contributed by atoms with E-state index in [2.05, 4.69) is 5.32 Å². The molecule has 2 nitrogen and oxygen atoms in total. The molecule has 20 heavy (non-hydrogen) atoms. The third-order valence-electron chi connectivity index (χ3n) is 2.78. The molecule has 2 aromatic carbocycles. The molecule has 106 valence electrons. The molecule has 0 aromatic heterocycles. The Morgan fingerprint density at radius 2 is 1.70 bits per heavy atom. The fourth-order valence-electron chi connectivity index (χ4n) is 1.85. The highest BCUT2D eigenvalue weighted by Crippen LogP contribution is 2.16. The topological polar surface area (TPSA) is 21.3 Å². The summed E-state index contributed by atoms with van der Waals surface area (Å²) in [5.41, 5.74) is 2.11. The van der Waals surface area contributed by atoms with Crippen LogP contribution in [0.15, 0.2) is 36.4 Å². The minimum atomic E-state index is -1.45. The van der Waals surface area contributed by atoms with E-state index in [1.54, 1.807) is 7.11 Å². The molecule has 0 saturated heterocycles. The van der Waals surface area contributed by atoms with Gasteiger partial charge in [0, 0.05) is 19.3 Å². The van der Waals surface area contributed by atoms with Crippen molar-refractivity contribution >= 4 is 5.69 Å². The monoisotopic (exact) mass is 281 g/mol. The van der Waals surface area contributed by atoms with Crippen LogP contribution in [0.25, 0.3) is 0 Å². The van der Waals surface area contributed by atoms with Gasteiger partial charge in [-0.05, 0) is 35.4 Å². The first kappa shape index (κ1) is 14.4. The van der Waals surface area contributed by atoms with Crippen LogP contribution in [0.5, 0.6) is 0 Å². The predicted molar refractivity (Wildman–Crippen MR) is 70.8 cm³/mol. The van der Waals surface area contributed by atoms with Gasteiger partial charge in [-0.1, -0.05) is 12.1 Å². The van der Waals surface area contributed by atoms with Crippen molar-refractivity contribution in [2.24, 2.45) is 0 Å². The Hall–Kier alpha value is -2.01. The Labute approximate surface area is 115 Å². The highest BCUT2D eigenvalue weighted by molar-refractivity contribution is 5.46. The van der Waals surface area contributed by atoms with E-state index >= 15 is 0 Å². The number of rotatable bonds is 5. The molecule has 0 aliphatic carbocycles. The van der Waals surface area contributed by atoms with Gasteiger partial charge in [-0.15, -0.1) is 0 Å². The number of hydrogen-bond donors (Lipinski definition) is 1. The van der Waals surface area contributed by atoms with E-state index in [9.17, 15) is 13.2 Å². The zero-order valence-corrected chi connectivity index (χ0v) is 10.9. The van der Waals surface area contributed by atoms with E-state index in [-0.39, 0.29) is 6.54 Å². The molecular formula is C15H14F3NO. The van der Waals surface area contributed by atoms with Gasteiger partial charge in [-0.3, -0.25) is 0 Å². The lowest BCUT2D eigenvalue weighted by atomic mass is 10.2. The second kappa shape index (κ2) is 6.43. The molecule has 0 aliphatic heterocycles. The Morgan fingerprint density at radius 1 is 1.00 bits per heavy atom. The minimum Gasteiger partial charge on any atom is -0.381 e. The summed E-state index contributed by atoms with van der Waals surface area (Å²) in [5.74, 6) is -3.82. The molecule has 0 unspecified atom stereocenters. The van der Waals surface area contributed by atoms with Crippen molar-refractivity contribution in [2.75, 3.05) is 12.4 Å². The first-order valence-electron chi connectivity index (χ1n) is 6.05. The van der Waals surface area contributed by atoms with Crippen molar-refractivity contribution in [3.05, 3.63) is 65.0 Å². The maximum absolute atomic E-state index is 13.1. The number of hydrogen-bond acceptors (Lipinski definition) is 2. The van der Waals surface area contributed by atoms with Gasteiger partial charge in [0.2, 0.25) is 0 Å². The van der Waals surface area contributed by atoms with Crippen molar-refractivity contribution in [1.29, 1.82) is 0 Å². The lowest BCUT2D eigenvalue weighted by Gasteiger charge is -2.09. The fraction of sp³-hybridized carbons (Fsp3) is 0.200. The summed E-state index contributed by atoms with van der Waals surface area (Å²) >= 11 is 0. The number of nitrogens with one attached hydrogen (secondary N) is 1. The van der Waals surface area contributed by atoms with E-state index in [0.29, 0.717) is 12.2 Å². The lowest BCUT2D eigenvalue weighted by Crippen LogP contribution is -2.02. The van der Waals surface area contributed by atoms with Crippen LogP contribution in [0.2, 0.25) is 0 Å². The summed E-state index contributed by atoms with van der Waals surface area (Å²) in [5, 5.41) is 3.02. The number of halogens is 3. The molecule has 2 aromatic rings. The Balaban J connectivity index is 2.07. The molecule has 0 bridgehead atoms. The number of anilines is 1. The first-order chi connectivity index (χ1) is 9.60. The zero-order chi connectivity index (χ0) is 14.5. The van der Waals surface area contributed by atoms with Crippen LogP contribution in [0.3, 0.4) is 0 Å². The molecule has 0 saturated carbocycles. The summed E-state index contributed by atoms with van der Waals surface area (Å²) in [6, 6.07) is 9.42. The Bertz CT molecular complexity index is 578. The molecule has 0 radical (unpaired) electrons. The van der Waals surface area contributed by atoms with Crippen LogP contribution in [0, 0.1) is 17.5 Å². The number of methoxy groups -OCH3 is 1. The van der Waals surface area contributed by atoms with Crippen molar-refractivity contribution in [2.45, 2.75) is 13.2 Å². The van der Waals surface area contributed by atoms with Gasteiger partial charge >= 0.3 is 0 Å². The molecule has 0 atom stereocenters. The molecule has 0 spiro atoms. The second-order valence-electron chi connectivity index (χ2n) is 4.36. The third kappa shape index (κ3) is 3.51. The van der Waals surface area contributed by atoms with Crippen LogP contribution in [0.4, 0.5) is 18.9 Å². The van der Waals surface area contributed by atoms with E-state index < -0.39 is 17.5 Å². The van der Waals surface area contributed by atoms with E-state index in [0.717, 1.165) is 23.4 Å². The molecule has 1 N–H and O–H groups in total. The summed E-state index contributed by atoms with van der Waals surface area (Å²) in [4.78, 5) is 0. The van der Waals surface area contributed by atoms with Gasteiger partial charge in [-0.2, -0.15) is 0 Å². The van der Waals surface area contributed by atoms with Crippen LogP contribution in [-0.2, 0) is 17.9 Å². The van der Waals surface area contributed by atoms with Crippen molar-refractivity contribution in [3.63, 3.8) is 0 Å². The van der Waals surface area contributed by atoms with E-state index in [4.69, 9.17) is 4.74 Å². The number of benzene rings is 2. The maximum atomic E-state index is 13.1. The Kier molecular flexibility index (Phi) is 4.63. The minimum absolute atomic E-state index is 0.199. The van der Waals surface area contributed by atoms with E-state index in [1.165, 1.54) is 0 Å². The van der Waals surface area contributed by atoms with Gasteiger partial charge in [0.1, 0.15) is 0 Å². The van der Waals surface area contributed by atoms with Gasteiger partial charge < -0.3 is 10.1 Å². The molecular weight excluding hydrogens is 267 g/mol. The molecule has 5 heteroatoms. The van der Waals surface area contributed by atoms with Crippen LogP contribution in [0.1, 0.15) is 11.1 Å². The molecule has 0 fully saturated rings. The normalized spacial score (nSPS) is 10.6. The summed E-state index contributed by atoms with van der Waals surface area (Å²) in [7, 11) is 1.60. The Morgan fingerprint density at radius 3 is 2.35 bits per heavy atom. The molecule has 2 rings (SSSR count). The second-order valence-corrected chi connectivity index (χ2v) is 4.36. The van der Waals surface area contributed by atoms with Gasteiger partial charge in [0.05, 0.1) is 6.61 Å². The zero-order valence-electron chi connectivity index (χ0n) is 10.9. The summed E-state index contributed by atoms with van der Waals surface area (Å²) < 4.78 is 44.0. The first-order valence-corrected chi connectivity index (χ1v) is 6.05. The highest BCUT2D eigenvalue weighted by atomic mass is 19.2. The van der Waals surface area contributed by atoms with Gasteiger partial charge in [0.25, 0.3) is 0 Å². The van der Waals surface area contributed by atoms with Crippen molar-refractivity contribution in [3.8, 4) is 0 Å². The lowest BCUT2D eigenvalue weighted by molar-refractivity contribution is 0.185. The quantitative estimate of drug-likeness (QED) is 0.840. The average Bonchev–Trinajstić information content (AvgIpc) is 2.43. The molecule has 0 aliphatic rings. The third-order valence-corrected chi connectivity index (χ3v) is 2.78. The van der Waals surface area contributed by atoms with Crippen LogP contribution in [-0.4, -0.2) is 7.11 Å². The summed E-state index contributed by atoms with van der Waals surface area (Å²) in [6.07, 6.45) is 0.